The number of ether oxygens (including phenoxy) is 2. The van der Waals surface area contributed by atoms with Crippen molar-refractivity contribution >= 4 is 17.3 Å². The Bertz CT molecular complexity index is 1120. The second-order valence-corrected chi connectivity index (χ2v) is 12.5. The molecule has 0 radical (unpaired) electrons. The summed E-state index contributed by atoms with van der Waals surface area (Å²) in [5, 5.41) is 3.30. The highest BCUT2D eigenvalue weighted by Crippen LogP contribution is 2.23. The van der Waals surface area contributed by atoms with E-state index in [2.05, 4.69) is 62.7 Å². The second kappa shape index (κ2) is 29.0. The Hall–Kier alpha value is -3.18. The SMILES string of the molecule is C1CC1.C=C/C=C(\C=C/CC(=C)OC(=NC)c1ccc(C)c(N=C(C)C)c1)CNC(=C)CC.CC1CCCCC1.CCCOCCC. The van der Waals surface area contributed by atoms with Crippen LogP contribution in [0.2, 0.25) is 0 Å². The van der Waals surface area contributed by atoms with E-state index in [-0.39, 0.29) is 0 Å². The molecule has 5 heteroatoms. The van der Waals surface area contributed by atoms with Gasteiger partial charge in [0.25, 0.3) is 0 Å². The molecule has 0 bridgehead atoms. The fourth-order valence-electron chi connectivity index (χ4n) is 4.23. The lowest BCUT2D eigenvalue weighted by Crippen LogP contribution is -2.14. The second-order valence-electron chi connectivity index (χ2n) is 12.5. The molecule has 0 unspecified atom stereocenters. The first-order valence-corrected chi connectivity index (χ1v) is 18.0. The molecule has 2 fully saturated rings. The number of hydrogen-bond acceptors (Lipinski definition) is 5. The van der Waals surface area contributed by atoms with Gasteiger partial charge in [0.1, 0.15) is 5.76 Å². The van der Waals surface area contributed by atoms with E-state index in [1.54, 1.807) is 13.1 Å². The Kier molecular flexibility index (Phi) is 27.0. The van der Waals surface area contributed by atoms with Crippen LogP contribution >= 0.6 is 0 Å². The minimum absolute atomic E-state index is 0.529. The molecule has 1 aromatic carbocycles. The Morgan fingerprint density at radius 1 is 0.979 bits per heavy atom. The first-order valence-electron chi connectivity index (χ1n) is 18.0. The van der Waals surface area contributed by atoms with Crippen molar-refractivity contribution < 1.29 is 9.47 Å². The van der Waals surface area contributed by atoms with E-state index in [4.69, 9.17) is 9.47 Å². The van der Waals surface area contributed by atoms with Crippen LogP contribution in [-0.2, 0) is 9.47 Å². The topological polar surface area (TPSA) is 55.2 Å². The summed E-state index contributed by atoms with van der Waals surface area (Å²) in [6.45, 7) is 29.0. The highest BCUT2D eigenvalue weighted by atomic mass is 16.5. The molecular formula is C42H69N3O2. The van der Waals surface area contributed by atoms with Gasteiger partial charge in [-0.2, -0.15) is 0 Å². The maximum Gasteiger partial charge on any atom is 0.221 e. The van der Waals surface area contributed by atoms with Crippen LogP contribution in [0.25, 0.3) is 0 Å². The molecule has 0 saturated heterocycles. The van der Waals surface area contributed by atoms with Gasteiger partial charge < -0.3 is 14.8 Å². The molecule has 0 aromatic heterocycles. The molecule has 1 aromatic rings. The average molecular weight is 648 g/mol. The molecule has 2 saturated carbocycles. The van der Waals surface area contributed by atoms with Gasteiger partial charge >= 0.3 is 0 Å². The van der Waals surface area contributed by atoms with E-state index in [0.29, 0.717) is 24.6 Å². The molecule has 1 N–H and O–H groups in total. The summed E-state index contributed by atoms with van der Waals surface area (Å²) in [6, 6.07) is 6.00. The zero-order chi connectivity index (χ0) is 35.3. The van der Waals surface area contributed by atoms with E-state index >= 15 is 0 Å². The molecule has 0 amide bonds. The maximum atomic E-state index is 5.93. The van der Waals surface area contributed by atoms with Crippen molar-refractivity contribution in [2.24, 2.45) is 15.9 Å². The monoisotopic (exact) mass is 648 g/mol. The Morgan fingerprint density at radius 2 is 1.60 bits per heavy atom. The van der Waals surface area contributed by atoms with E-state index in [1.165, 1.54) is 51.4 Å². The third-order valence-electron chi connectivity index (χ3n) is 7.17. The van der Waals surface area contributed by atoms with Gasteiger partial charge in [-0.1, -0.05) is 129 Å². The van der Waals surface area contributed by atoms with Crippen LogP contribution in [-0.4, -0.2) is 38.4 Å². The summed E-state index contributed by atoms with van der Waals surface area (Å²) in [6.07, 6.45) is 23.5. The van der Waals surface area contributed by atoms with Crippen molar-refractivity contribution in [3.05, 3.63) is 90.4 Å². The summed E-state index contributed by atoms with van der Waals surface area (Å²) in [5.74, 6) is 2.18. The van der Waals surface area contributed by atoms with Crippen LogP contribution in [0.15, 0.2) is 89.3 Å². The highest BCUT2D eigenvalue weighted by molar-refractivity contribution is 5.96. The van der Waals surface area contributed by atoms with Crippen molar-refractivity contribution in [2.45, 2.75) is 126 Å². The predicted molar refractivity (Wildman–Crippen MR) is 209 cm³/mol. The van der Waals surface area contributed by atoms with Gasteiger partial charge in [0, 0.05) is 50.2 Å². The number of benzene rings is 1. The summed E-state index contributed by atoms with van der Waals surface area (Å²) < 4.78 is 11.1. The number of hydrogen-bond donors (Lipinski definition) is 1. The van der Waals surface area contributed by atoms with Gasteiger partial charge in [0.15, 0.2) is 0 Å². The van der Waals surface area contributed by atoms with Gasteiger partial charge in [-0.15, -0.1) is 0 Å². The van der Waals surface area contributed by atoms with Gasteiger partial charge in [-0.25, -0.2) is 0 Å². The molecule has 0 spiro atoms. The summed E-state index contributed by atoms with van der Waals surface area (Å²) in [5.41, 5.74) is 6.02. The highest BCUT2D eigenvalue weighted by Gasteiger charge is 2.09. The lowest BCUT2D eigenvalue weighted by Gasteiger charge is -2.15. The fraction of sp³-hybridized carbons (Fsp3) is 0.571. The van der Waals surface area contributed by atoms with Crippen LogP contribution in [0.5, 0.6) is 0 Å². The molecule has 3 rings (SSSR count). The van der Waals surface area contributed by atoms with Gasteiger partial charge in [0.05, 0.1) is 5.69 Å². The van der Waals surface area contributed by atoms with Crippen LogP contribution in [0.4, 0.5) is 5.69 Å². The smallest absolute Gasteiger partial charge is 0.221 e. The Balaban J connectivity index is 0.000000993. The molecule has 0 aliphatic heterocycles. The van der Waals surface area contributed by atoms with Crippen LogP contribution in [0.1, 0.15) is 130 Å². The summed E-state index contributed by atoms with van der Waals surface area (Å²) >= 11 is 0. The van der Waals surface area contributed by atoms with E-state index in [1.807, 2.05) is 57.2 Å². The Morgan fingerprint density at radius 3 is 2.06 bits per heavy atom. The van der Waals surface area contributed by atoms with Crippen molar-refractivity contribution in [1.82, 2.24) is 5.32 Å². The van der Waals surface area contributed by atoms with Crippen molar-refractivity contribution in [3.8, 4) is 0 Å². The minimum atomic E-state index is 0.529. The predicted octanol–water partition coefficient (Wildman–Crippen LogP) is 12.2. The molecule has 47 heavy (non-hydrogen) atoms. The van der Waals surface area contributed by atoms with Crippen LogP contribution in [0.3, 0.4) is 0 Å². The van der Waals surface area contributed by atoms with E-state index in [9.17, 15) is 0 Å². The molecule has 264 valence electrons. The lowest BCUT2D eigenvalue weighted by atomic mass is 9.91. The van der Waals surface area contributed by atoms with Gasteiger partial charge in [-0.05, 0) is 69.2 Å². The first kappa shape index (κ1) is 43.8. The first-order chi connectivity index (χ1) is 22.6. The summed E-state index contributed by atoms with van der Waals surface area (Å²) in [7, 11) is 1.71. The number of aryl methyl sites for hydroxylation is 1. The van der Waals surface area contributed by atoms with Crippen LogP contribution < -0.4 is 5.32 Å². The maximum absolute atomic E-state index is 5.93. The van der Waals surface area contributed by atoms with Gasteiger partial charge in [0.2, 0.25) is 5.90 Å². The zero-order valence-corrected chi connectivity index (χ0v) is 31.6. The standard InChI is InChI=1S/C26H35N3O.C7H14.C6H14O.C3H6/c1-9-12-23(18-28-21(6)10-2)14-11-13-22(7)30-26(27-8)24-16-15-20(5)25(17-24)29-19(3)4;1-7-5-3-2-4-6-7;1-3-5-7-6-4-2;1-2-3-1/h9,11-12,14-17,28H,1,6-7,10,13,18H2,2-5,8H3;7H,2-6H2,1H3;3-6H2,1-2H3;1-3H2/b14-11-,23-12+,27-26?;;;. The fourth-order valence-corrected chi connectivity index (χ4v) is 4.23. The van der Waals surface area contributed by atoms with Gasteiger partial charge in [-0.3, -0.25) is 9.98 Å². The number of nitrogens with zero attached hydrogens (tertiary/aromatic N) is 2. The molecule has 5 nitrogen and oxygen atoms in total. The number of aliphatic imine (C=N–C) groups is 2. The Labute approximate surface area is 290 Å². The number of allylic oxidation sites excluding steroid dienone is 4. The lowest BCUT2D eigenvalue weighted by molar-refractivity contribution is 0.135. The molecular weight excluding hydrogens is 578 g/mol. The van der Waals surface area contributed by atoms with Crippen LogP contribution in [0, 0.1) is 12.8 Å². The van der Waals surface area contributed by atoms with E-state index < -0.39 is 0 Å². The molecule has 0 heterocycles. The quantitative estimate of drug-likeness (QED) is 0.0677. The largest absolute Gasteiger partial charge is 0.443 e. The van der Waals surface area contributed by atoms with Crippen molar-refractivity contribution in [3.63, 3.8) is 0 Å². The average Bonchev–Trinajstić information content (AvgIpc) is 3.95. The third-order valence-corrected chi connectivity index (χ3v) is 7.17. The number of nitrogens with one attached hydrogen (secondary N) is 1. The van der Waals surface area contributed by atoms with E-state index in [0.717, 1.165) is 72.2 Å². The van der Waals surface area contributed by atoms with Crippen molar-refractivity contribution in [2.75, 3.05) is 26.8 Å². The summed E-state index contributed by atoms with van der Waals surface area (Å²) in [4.78, 5) is 8.88. The normalized spacial score (nSPS) is 14.3. The zero-order valence-electron chi connectivity index (χ0n) is 31.6. The third kappa shape index (κ3) is 25.6. The minimum Gasteiger partial charge on any atom is -0.443 e. The number of rotatable bonds is 15. The molecule has 2 aliphatic carbocycles. The van der Waals surface area contributed by atoms with Crippen molar-refractivity contribution in [1.29, 1.82) is 0 Å². The molecule has 2 aliphatic rings. The molecule has 0 atom stereocenters.